The molecule has 0 atom stereocenters. The SMILES string of the molecule is CCC(=O)c1ccc(-c2cc(C)ccc2Cl)s1. The van der Waals surface area contributed by atoms with Crippen LogP contribution in [0.5, 0.6) is 0 Å². The molecule has 88 valence electrons. The first-order chi connectivity index (χ1) is 8.11. The maximum absolute atomic E-state index is 11.6. The third-order valence-corrected chi connectivity index (χ3v) is 4.08. The maximum Gasteiger partial charge on any atom is 0.172 e. The summed E-state index contributed by atoms with van der Waals surface area (Å²) in [6.45, 7) is 3.91. The lowest BCUT2D eigenvalue weighted by atomic mass is 10.1. The minimum absolute atomic E-state index is 0.185. The van der Waals surface area contributed by atoms with Gasteiger partial charge in [-0.2, -0.15) is 0 Å². The second kappa shape index (κ2) is 5.03. The quantitative estimate of drug-likeness (QED) is 0.716. The molecular weight excluding hydrogens is 252 g/mol. The number of halogens is 1. The second-order valence-electron chi connectivity index (χ2n) is 3.92. The lowest BCUT2D eigenvalue weighted by Gasteiger charge is -2.02. The van der Waals surface area contributed by atoms with Gasteiger partial charge in [-0.1, -0.05) is 30.2 Å². The van der Waals surface area contributed by atoms with Gasteiger partial charge in [-0.3, -0.25) is 4.79 Å². The molecule has 0 aliphatic rings. The van der Waals surface area contributed by atoms with E-state index in [1.165, 1.54) is 16.9 Å². The van der Waals surface area contributed by atoms with Gasteiger partial charge in [0.05, 0.1) is 4.88 Å². The van der Waals surface area contributed by atoms with E-state index in [-0.39, 0.29) is 5.78 Å². The number of benzene rings is 1. The van der Waals surface area contributed by atoms with E-state index in [1.807, 2.05) is 44.2 Å². The second-order valence-corrected chi connectivity index (χ2v) is 5.41. The molecule has 0 saturated carbocycles. The van der Waals surface area contributed by atoms with Crippen molar-refractivity contribution in [3.63, 3.8) is 0 Å². The number of rotatable bonds is 3. The lowest BCUT2D eigenvalue weighted by Crippen LogP contribution is -1.90. The predicted molar refractivity (Wildman–Crippen MR) is 74.1 cm³/mol. The molecule has 17 heavy (non-hydrogen) atoms. The molecule has 0 aliphatic heterocycles. The number of Topliss-reactive ketones (excluding diaryl/α,β-unsaturated/α-hetero) is 1. The van der Waals surface area contributed by atoms with Crippen molar-refractivity contribution < 1.29 is 4.79 Å². The van der Waals surface area contributed by atoms with Crippen LogP contribution in [0.1, 0.15) is 28.6 Å². The molecule has 2 aromatic rings. The van der Waals surface area contributed by atoms with Gasteiger partial charge in [0.25, 0.3) is 0 Å². The van der Waals surface area contributed by atoms with Crippen molar-refractivity contribution >= 4 is 28.7 Å². The van der Waals surface area contributed by atoms with Crippen LogP contribution in [0.2, 0.25) is 5.02 Å². The van der Waals surface area contributed by atoms with Crippen molar-refractivity contribution in [1.82, 2.24) is 0 Å². The van der Waals surface area contributed by atoms with Crippen molar-refractivity contribution in [1.29, 1.82) is 0 Å². The summed E-state index contributed by atoms with van der Waals surface area (Å²) in [7, 11) is 0. The average Bonchev–Trinajstić information content (AvgIpc) is 2.80. The normalized spacial score (nSPS) is 10.5. The van der Waals surface area contributed by atoms with Crippen molar-refractivity contribution in [2.45, 2.75) is 20.3 Å². The zero-order chi connectivity index (χ0) is 12.4. The van der Waals surface area contributed by atoms with Crippen LogP contribution in [0.15, 0.2) is 30.3 Å². The zero-order valence-electron chi connectivity index (χ0n) is 9.79. The zero-order valence-corrected chi connectivity index (χ0v) is 11.4. The largest absolute Gasteiger partial charge is 0.293 e. The average molecular weight is 265 g/mol. The topological polar surface area (TPSA) is 17.1 Å². The monoisotopic (exact) mass is 264 g/mol. The van der Waals surface area contributed by atoms with Gasteiger partial charge in [0.15, 0.2) is 5.78 Å². The standard InChI is InChI=1S/C14H13ClOS/c1-3-12(16)14-7-6-13(17-14)10-8-9(2)4-5-11(10)15/h4-8H,3H2,1-2H3. The van der Waals surface area contributed by atoms with Gasteiger partial charge in [-0.15, -0.1) is 11.3 Å². The summed E-state index contributed by atoms with van der Waals surface area (Å²) < 4.78 is 0. The molecule has 0 N–H and O–H groups in total. The molecule has 1 nitrogen and oxygen atoms in total. The number of carbonyl (C=O) groups excluding carboxylic acids is 1. The molecule has 0 radical (unpaired) electrons. The summed E-state index contributed by atoms with van der Waals surface area (Å²) >= 11 is 7.68. The molecule has 0 aliphatic carbocycles. The Labute approximate surface area is 110 Å². The first-order valence-corrected chi connectivity index (χ1v) is 6.71. The Morgan fingerprint density at radius 2 is 2.06 bits per heavy atom. The van der Waals surface area contributed by atoms with Crippen LogP contribution >= 0.6 is 22.9 Å². The summed E-state index contributed by atoms with van der Waals surface area (Å²) in [5.74, 6) is 0.185. The Balaban J connectivity index is 2.43. The minimum Gasteiger partial charge on any atom is -0.293 e. The molecule has 1 aromatic carbocycles. The highest BCUT2D eigenvalue weighted by Crippen LogP contribution is 2.34. The molecule has 0 spiro atoms. The third-order valence-electron chi connectivity index (χ3n) is 2.59. The highest BCUT2D eigenvalue weighted by molar-refractivity contribution is 7.17. The van der Waals surface area contributed by atoms with Crippen LogP contribution in [-0.4, -0.2) is 5.78 Å². The van der Waals surface area contributed by atoms with Gasteiger partial charge in [0.1, 0.15) is 0 Å². The molecule has 0 unspecified atom stereocenters. The van der Waals surface area contributed by atoms with Crippen LogP contribution in [-0.2, 0) is 0 Å². The molecule has 3 heteroatoms. The van der Waals surface area contributed by atoms with Gasteiger partial charge in [-0.25, -0.2) is 0 Å². The van der Waals surface area contributed by atoms with Gasteiger partial charge >= 0.3 is 0 Å². The molecule has 2 rings (SSSR count). The van der Waals surface area contributed by atoms with Crippen LogP contribution in [0.4, 0.5) is 0 Å². The van der Waals surface area contributed by atoms with E-state index < -0.39 is 0 Å². The highest BCUT2D eigenvalue weighted by atomic mass is 35.5. The number of hydrogen-bond donors (Lipinski definition) is 0. The molecule has 0 fully saturated rings. The van der Waals surface area contributed by atoms with Crippen molar-refractivity contribution in [3.8, 4) is 10.4 Å². The fourth-order valence-corrected chi connectivity index (χ4v) is 2.96. The Kier molecular flexibility index (Phi) is 3.65. The van der Waals surface area contributed by atoms with Crippen LogP contribution in [0.25, 0.3) is 10.4 Å². The van der Waals surface area contributed by atoms with Gasteiger partial charge in [0, 0.05) is 21.9 Å². The lowest BCUT2D eigenvalue weighted by molar-refractivity contribution is 0.0992. The first kappa shape index (κ1) is 12.3. The first-order valence-electron chi connectivity index (χ1n) is 5.51. The number of thiophene rings is 1. The van der Waals surface area contributed by atoms with E-state index in [0.29, 0.717) is 6.42 Å². The van der Waals surface area contributed by atoms with E-state index >= 15 is 0 Å². The van der Waals surface area contributed by atoms with E-state index in [9.17, 15) is 4.79 Å². The van der Waals surface area contributed by atoms with E-state index in [0.717, 1.165) is 20.3 Å². The molecular formula is C14H13ClOS. The van der Waals surface area contributed by atoms with Crippen molar-refractivity contribution in [2.24, 2.45) is 0 Å². The molecule has 0 amide bonds. The maximum atomic E-state index is 11.6. The van der Waals surface area contributed by atoms with Crippen LogP contribution in [0, 0.1) is 6.92 Å². The summed E-state index contributed by atoms with van der Waals surface area (Å²) in [5, 5.41) is 0.730. The van der Waals surface area contributed by atoms with Crippen LogP contribution < -0.4 is 0 Å². The van der Waals surface area contributed by atoms with E-state index in [1.54, 1.807) is 0 Å². The van der Waals surface area contributed by atoms with Crippen molar-refractivity contribution in [2.75, 3.05) is 0 Å². The third kappa shape index (κ3) is 2.59. The number of hydrogen-bond acceptors (Lipinski definition) is 2. The summed E-state index contributed by atoms with van der Waals surface area (Å²) in [6, 6.07) is 9.78. The summed E-state index contributed by atoms with van der Waals surface area (Å²) in [6.07, 6.45) is 0.543. The smallest absolute Gasteiger partial charge is 0.172 e. The van der Waals surface area contributed by atoms with E-state index in [4.69, 9.17) is 11.6 Å². The Morgan fingerprint density at radius 3 is 2.76 bits per heavy atom. The van der Waals surface area contributed by atoms with Gasteiger partial charge < -0.3 is 0 Å². The summed E-state index contributed by atoms with van der Waals surface area (Å²) in [5.41, 5.74) is 2.17. The van der Waals surface area contributed by atoms with Gasteiger partial charge in [-0.05, 0) is 31.2 Å². The Hall–Kier alpha value is -1.12. The van der Waals surface area contributed by atoms with E-state index in [2.05, 4.69) is 0 Å². The number of ketones is 1. The number of aryl methyl sites for hydroxylation is 1. The molecule has 1 aromatic heterocycles. The Morgan fingerprint density at radius 1 is 1.29 bits per heavy atom. The Bertz CT molecular complexity index is 557. The highest BCUT2D eigenvalue weighted by Gasteiger charge is 2.10. The summed E-state index contributed by atoms with van der Waals surface area (Å²) in [4.78, 5) is 13.4. The van der Waals surface area contributed by atoms with Crippen molar-refractivity contribution in [3.05, 3.63) is 45.8 Å². The fraction of sp³-hybridized carbons (Fsp3) is 0.214. The number of carbonyl (C=O) groups is 1. The van der Waals surface area contributed by atoms with Gasteiger partial charge in [0.2, 0.25) is 0 Å². The van der Waals surface area contributed by atoms with Crippen LogP contribution in [0.3, 0.4) is 0 Å². The molecule has 0 bridgehead atoms. The minimum atomic E-state index is 0.185. The fourth-order valence-electron chi connectivity index (χ4n) is 1.63. The molecule has 0 saturated heterocycles. The molecule has 1 heterocycles. The predicted octanol–water partition coefficient (Wildman–Crippen LogP) is 4.97.